The Balaban J connectivity index is 1.98. The SMILES string of the molecule is CN(C)CC1(CNC(=NCc2ccccc2)N(C)C)CCCC1. The summed E-state index contributed by atoms with van der Waals surface area (Å²) in [6, 6.07) is 10.4. The van der Waals surface area contributed by atoms with Gasteiger partial charge >= 0.3 is 0 Å². The average Bonchev–Trinajstić information content (AvgIpc) is 2.95. The number of rotatable bonds is 6. The fourth-order valence-corrected chi connectivity index (χ4v) is 3.56. The van der Waals surface area contributed by atoms with Crippen molar-refractivity contribution < 1.29 is 0 Å². The minimum Gasteiger partial charge on any atom is -0.356 e. The first-order valence-electron chi connectivity index (χ1n) is 8.65. The first-order valence-corrected chi connectivity index (χ1v) is 8.65. The molecule has 0 atom stereocenters. The van der Waals surface area contributed by atoms with Crippen LogP contribution in [0.5, 0.6) is 0 Å². The van der Waals surface area contributed by atoms with Crippen LogP contribution in [0.15, 0.2) is 35.3 Å². The minimum absolute atomic E-state index is 0.396. The summed E-state index contributed by atoms with van der Waals surface area (Å²) in [6.07, 6.45) is 5.34. The zero-order valence-corrected chi connectivity index (χ0v) is 15.2. The Bertz CT molecular complexity index is 487. The molecule has 1 saturated carbocycles. The van der Waals surface area contributed by atoms with E-state index in [1.54, 1.807) is 0 Å². The van der Waals surface area contributed by atoms with Gasteiger partial charge in [0.2, 0.25) is 0 Å². The molecule has 1 fully saturated rings. The van der Waals surface area contributed by atoms with Gasteiger partial charge in [-0.2, -0.15) is 0 Å². The maximum Gasteiger partial charge on any atom is 0.193 e. The molecule has 0 aromatic heterocycles. The monoisotopic (exact) mass is 316 g/mol. The maximum atomic E-state index is 4.78. The number of hydrogen-bond donors (Lipinski definition) is 1. The largest absolute Gasteiger partial charge is 0.356 e. The Labute approximate surface area is 141 Å². The second-order valence-corrected chi connectivity index (χ2v) is 7.32. The lowest BCUT2D eigenvalue weighted by molar-refractivity contribution is 0.201. The molecule has 1 aromatic rings. The Kier molecular flexibility index (Phi) is 6.46. The first-order chi connectivity index (χ1) is 11.0. The molecule has 0 heterocycles. The highest BCUT2D eigenvalue weighted by Crippen LogP contribution is 2.37. The molecule has 4 nitrogen and oxygen atoms in total. The summed E-state index contributed by atoms with van der Waals surface area (Å²) in [7, 11) is 8.47. The van der Waals surface area contributed by atoms with E-state index < -0.39 is 0 Å². The summed E-state index contributed by atoms with van der Waals surface area (Å²) in [4.78, 5) is 9.19. The van der Waals surface area contributed by atoms with Gasteiger partial charge in [0, 0.05) is 32.6 Å². The molecule has 0 spiro atoms. The van der Waals surface area contributed by atoms with Gasteiger partial charge in [-0.05, 0) is 32.5 Å². The number of hydrogen-bond acceptors (Lipinski definition) is 2. The van der Waals surface area contributed by atoms with Gasteiger partial charge in [0.1, 0.15) is 0 Å². The zero-order valence-electron chi connectivity index (χ0n) is 15.2. The van der Waals surface area contributed by atoms with E-state index in [0.717, 1.165) is 25.6 Å². The smallest absolute Gasteiger partial charge is 0.193 e. The lowest BCUT2D eigenvalue weighted by Gasteiger charge is -2.33. The average molecular weight is 316 g/mol. The molecule has 0 bridgehead atoms. The third kappa shape index (κ3) is 5.54. The van der Waals surface area contributed by atoms with Crippen molar-refractivity contribution in [1.82, 2.24) is 15.1 Å². The molecule has 2 rings (SSSR count). The quantitative estimate of drug-likeness (QED) is 0.647. The van der Waals surface area contributed by atoms with Crippen LogP contribution in [0.3, 0.4) is 0 Å². The highest BCUT2D eigenvalue weighted by atomic mass is 15.3. The van der Waals surface area contributed by atoms with Crippen LogP contribution in [0.2, 0.25) is 0 Å². The lowest BCUT2D eigenvalue weighted by atomic mass is 9.85. The van der Waals surface area contributed by atoms with E-state index in [2.05, 4.69) is 67.6 Å². The summed E-state index contributed by atoms with van der Waals surface area (Å²) in [5, 5.41) is 3.63. The van der Waals surface area contributed by atoms with E-state index in [4.69, 9.17) is 4.99 Å². The normalized spacial score (nSPS) is 17.5. The van der Waals surface area contributed by atoms with Crippen molar-refractivity contribution in [1.29, 1.82) is 0 Å². The summed E-state index contributed by atoms with van der Waals surface area (Å²) in [6.45, 7) is 2.89. The second-order valence-electron chi connectivity index (χ2n) is 7.32. The van der Waals surface area contributed by atoms with Crippen molar-refractivity contribution in [3.05, 3.63) is 35.9 Å². The van der Waals surface area contributed by atoms with Crippen LogP contribution >= 0.6 is 0 Å². The van der Waals surface area contributed by atoms with Gasteiger partial charge in [-0.3, -0.25) is 0 Å². The van der Waals surface area contributed by atoms with Crippen LogP contribution in [0.25, 0.3) is 0 Å². The highest BCUT2D eigenvalue weighted by molar-refractivity contribution is 5.79. The van der Waals surface area contributed by atoms with Crippen molar-refractivity contribution in [3.8, 4) is 0 Å². The van der Waals surface area contributed by atoms with Gasteiger partial charge in [0.15, 0.2) is 5.96 Å². The molecule has 0 amide bonds. The Hall–Kier alpha value is -1.55. The van der Waals surface area contributed by atoms with Crippen molar-refractivity contribution >= 4 is 5.96 Å². The maximum absolute atomic E-state index is 4.78. The van der Waals surface area contributed by atoms with E-state index in [-0.39, 0.29) is 0 Å². The standard InChI is InChI=1S/C19H32N4/c1-22(2)16-19(12-8-9-13-19)15-21-18(23(3)4)20-14-17-10-6-5-7-11-17/h5-7,10-11H,8-9,12-16H2,1-4H3,(H,20,21). The van der Waals surface area contributed by atoms with Crippen LogP contribution in [-0.4, -0.2) is 57.0 Å². The fourth-order valence-electron chi connectivity index (χ4n) is 3.56. The first kappa shape index (κ1) is 17.8. The van der Waals surface area contributed by atoms with Gasteiger partial charge < -0.3 is 15.1 Å². The van der Waals surface area contributed by atoms with Gasteiger partial charge in [-0.25, -0.2) is 4.99 Å². The van der Waals surface area contributed by atoms with Crippen LogP contribution in [0.1, 0.15) is 31.2 Å². The predicted molar refractivity (Wildman–Crippen MR) is 98.7 cm³/mol. The minimum atomic E-state index is 0.396. The second kappa shape index (κ2) is 8.34. The van der Waals surface area contributed by atoms with E-state index in [0.29, 0.717) is 5.41 Å². The fraction of sp³-hybridized carbons (Fsp3) is 0.632. The van der Waals surface area contributed by atoms with Crippen molar-refractivity contribution in [3.63, 3.8) is 0 Å². The molecule has 1 N–H and O–H groups in total. The Morgan fingerprint density at radius 2 is 1.74 bits per heavy atom. The molecule has 1 aromatic carbocycles. The molecule has 0 aliphatic heterocycles. The summed E-state index contributed by atoms with van der Waals surface area (Å²) < 4.78 is 0. The molecule has 1 aliphatic carbocycles. The molecule has 23 heavy (non-hydrogen) atoms. The van der Waals surface area contributed by atoms with Gasteiger partial charge in [-0.1, -0.05) is 43.2 Å². The van der Waals surface area contributed by atoms with Crippen LogP contribution in [-0.2, 0) is 6.54 Å². The summed E-state index contributed by atoms with van der Waals surface area (Å²) >= 11 is 0. The number of guanidine groups is 1. The van der Waals surface area contributed by atoms with Gasteiger partial charge in [-0.15, -0.1) is 0 Å². The number of benzene rings is 1. The number of aliphatic imine (C=N–C) groups is 1. The highest BCUT2D eigenvalue weighted by Gasteiger charge is 2.34. The molecular formula is C19H32N4. The van der Waals surface area contributed by atoms with Crippen molar-refractivity contribution in [2.24, 2.45) is 10.4 Å². The molecule has 0 unspecified atom stereocenters. The van der Waals surface area contributed by atoms with Crippen LogP contribution in [0, 0.1) is 5.41 Å². The van der Waals surface area contributed by atoms with E-state index >= 15 is 0 Å². The van der Waals surface area contributed by atoms with E-state index in [9.17, 15) is 0 Å². The molecular weight excluding hydrogens is 284 g/mol. The topological polar surface area (TPSA) is 30.9 Å². The molecule has 0 saturated heterocycles. The van der Waals surface area contributed by atoms with E-state index in [1.165, 1.54) is 31.2 Å². The molecule has 0 radical (unpaired) electrons. The number of nitrogens with one attached hydrogen (secondary N) is 1. The summed E-state index contributed by atoms with van der Waals surface area (Å²) in [5.41, 5.74) is 1.64. The van der Waals surface area contributed by atoms with Crippen molar-refractivity contribution in [2.75, 3.05) is 41.3 Å². The Morgan fingerprint density at radius 1 is 1.09 bits per heavy atom. The van der Waals surface area contributed by atoms with Crippen LogP contribution in [0.4, 0.5) is 0 Å². The lowest BCUT2D eigenvalue weighted by Crippen LogP contribution is -2.45. The third-order valence-corrected chi connectivity index (χ3v) is 4.62. The molecule has 1 aliphatic rings. The zero-order chi connectivity index (χ0) is 16.7. The predicted octanol–water partition coefficient (Wildman–Crippen LogP) is 2.82. The third-order valence-electron chi connectivity index (χ3n) is 4.62. The summed E-state index contributed by atoms with van der Waals surface area (Å²) in [5.74, 6) is 0.985. The number of nitrogens with zero attached hydrogens (tertiary/aromatic N) is 3. The van der Waals surface area contributed by atoms with Crippen LogP contribution < -0.4 is 5.32 Å². The Morgan fingerprint density at radius 3 is 2.30 bits per heavy atom. The molecule has 128 valence electrons. The van der Waals surface area contributed by atoms with E-state index in [1.807, 2.05) is 6.07 Å². The van der Waals surface area contributed by atoms with Gasteiger partial charge in [0.25, 0.3) is 0 Å². The van der Waals surface area contributed by atoms with Crippen molar-refractivity contribution in [2.45, 2.75) is 32.2 Å². The molecule has 4 heteroatoms. The van der Waals surface area contributed by atoms with Gasteiger partial charge in [0.05, 0.1) is 6.54 Å².